The molecule has 5 nitrogen and oxygen atoms in total. The van der Waals surface area contributed by atoms with Gasteiger partial charge in [0.25, 0.3) is 12.6 Å². The molecular weight excluding hydrogens is 128 g/mol. The minimum absolute atomic E-state index is 0.0245. The van der Waals surface area contributed by atoms with Crippen molar-refractivity contribution < 1.29 is 24.2 Å². The Labute approximate surface area is 50.2 Å². The molecular formula is C4H4O5. The highest BCUT2D eigenvalue weighted by molar-refractivity contribution is 5.90. The van der Waals surface area contributed by atoms with Gasteiger partial charge in [0.05, 0.1) is 0 Å². The normalized spacial score (nSPS) is 11.6. The molecule has 0 aromatic rings. The lowest BCUT2D eigenvalue weighted by Gasteiger charge is -1.98. The average Bonchev–Trinajstić information content (AvgIpc) is 1.82. The summed E-state index contributed by atoms with van der Waals surface area (Å²) in [5.41, 5.74) is 0. The molecule has 0 amide bonds. The maximum absolute atomic E-state index is 9.81. The third kappa shape index (κ3) is 2.43. The fraction of sp³-hybridized carbons (Fsp3) is 0.250. The molecule has 0 fully saturated rings. The van der Waals surface area contributed by atoms with Crippen LogP contribution in [0.4, 0.5) is 0 Å². The highest BCUT2D eigenvalue weighted by atomic mass is 16.5. The summed E-state index contributed by atoms with van der Waals surface area (Å²) in [6.07, 6.45) is -1.64. The Hall–Kier alpha value is -1.39. The first-order valence-corrected chi connectivity index (χ1v) is 1.99. The Bertz CT molecular complexity index is 129. The van der Waals surface area contributed by atoms with Gasteiger partial charge in [-0.25, -0.2) is 4.79 Å². The van der Waals surface area contributed by atoms with Crippen LogP contribution in [0.15, 0.2) is 0 Å². The molecule has 0 spiro atoms. The molecule has 1 N–H and O–H groups in total. The predicted molar refractivity (Wildman–Crippen MR) is 24.6 cm³/mol. The number of carboxylic acid groups (broad SMARTS) is 1. The van der Waals surface area contributed by atoms with E-state index >= 15 is 0 Å². The van der Waals surface area contributed by atoms with E-state index in [0.29, 0.717) is 0 Å². The molecule has 0 bridgehead atoms. The number of hydrogen-bond donors (Lipinski definition) is 1. The summed E-state index contributed by atoms with van der Waals surface area (Å²) >= 11 is 0. The zero-order valence-corrected chi connectivity index (χ0v) is 4.31. The Kier molecular flexibility index (Phi) is 3.04. The summed E-state index contributed by atoms with van der Waals surface area (Å²) in [4.78, 5) is 28.9. The van der Waals surface area contributed by atoms with Gasteiger partial charge < -0.3 is 9.84 Å². The fourth-order valence-electron chi connectivity index (χ4n) is 0.208. The second-order valence-corrected chi connectivity index (χ2v) is 1.13. The van der Waals surface area contributed by atoms with Crippen molar-refractivity contribution in [2.75, 3.05) is 0 Å². The summed E-state index contributed by atoms with van der Waals surface area (Å²) in [6.45, 7) is -0.0901. The largest absolute Gasteiger partial charge is 0.478 e. The smallest absolute Gasteiger partial charge is 0.352 e. The van der Waals surface area contributed by atoms with Gasteiger partial charge >= 0.3 is 5.97 Å². The molecule has 9 heavy (non-hydrogen) atoms. The number of carbonyl (C=O) groups is 3. The van der Waals surface area contributed by atoms with Gasteiger partial charge in [0.2, 0.25) is 0 Å². The van der Waals surface area contributed by atoms with Crippen LogP contribution in [0.2, 0.25) is 0 Å². The second-order valence-electron chi connectivity index (χ2n) is 1.13. The van der Waals surface area contributed by atoms with Crippen molar-refractivity contribution in [3.05, 3.63) is 0 Å². The minimum Gasteiger partial charge on any atom is -0.478 e. The number of hydrogen-bond acceptors (Lipinski definition) is 4. The topological polar surface area (TPSA) is 80.7 Å². The number of carboxylic acids is 1. The van der Waals surface area contributed by atoms with Crippen molar-refractivity contribution in [1.29, 1.82) is 0 Å². The van der Waals surface area contributed by atoms with Crippen LogP contribution in [-0.2, 0) is 19.1 Å². The lowest BCUT2D eigenvalue weighted by atomic mass is 10.4. The highest BCUT2D eigenvalue weighted by Gasteiger charge is 2.15. The molecule has 1 unspecified atom stereocenters. The van der Waals surface area contributed by atoms with Gasteiger partial charge in [-0.05, 0) is 0 Å². The van der Waals surface area contributed by atoms with Gasteiger partial charge in [-0.2, -0.15) is 0 Å². The Morgan fingerprint density at radius 3 is 2.22 bits per heavy atom. The van der Waals surface area contributed by atoms with E-state index in [-0.39, 0.29) is 12.8 Å². The van der Waals surface area contributed by atoms with Crippen LogP contribution in [0, 0.1) is 0 Å². The van der Waals surface area contributed by atoms with Gasteiger partial charge in [0, 0.05) is 0 Å². The number of aliphatic carboxylic acids is 1. The van der Waals surface area contributed by atoms with Crippen LogP contribution in [-0.4, -0.2) is 29.9 Å². The van der Waals surface area contributed by atoms with Crippen molar-refractivity contribution in [3.8, 4) is 0 Å². The van der Waals surface area contributed by atoms with Crippen molar-refractivity contribution in [1.82, 2.24) is 0 Å². The van der Waals surface area contributed by atoms with Gasteiger partial charge in [-0.1, -0.05) is 0 Å². The number of carbonyl (C=O) groups excluding carboxylic acids is 2. The zero-order valence-electron chi connectivity index (χ0n) is 4.31. The van der Waals surface area contributed by atoms with E-state index in [1.807, 2.05) is 0 Å². The summed E-state index contributed by atoms with van der Waals surface area (Å²) in [6, 6.07) is 0. The van der Waals surface area contributed by atoms with E-state index < -0.39 is 12.1 Å². The lowest BCUT2D eigenvalue weighted by Crippen LogP contribution is -2.24. The van der Waals surface area contributed by atoms with Crippen molar-refractivity contribution in [2.45, 2.75) is 6.10 Å². The van der Waals surface area contributed by atoms with E-state index in [2.05, 4.69) is 4.74 Å². The number of rotatable bonds is 4. The number of aldehydes is 1. The molecule has 0 saturated heterocycles. The Balaban J connectivity index is 3.81. The minimum atomic E-state index is -1.66. The van der Waals surface area contributed by atoms with Crippen LogP contribution < -0.4 is 0 Å². The molecule has 0 aromatic heterocycles. The summed E-state index contributed by atoms with van der Waals surface area (Å²) in [5.74, 6) is -1.47. The maximum Gasteiger partial charge on any atom is 0.352 e. The first kappa shape index (κ1) is 7.61. The molecule has 0 aromatic carbocycles. The molecule has 1 atom stereocenters. The molecule has 5 heteroatoms. The first-order chi connectivity index (χ1) is 4.22. The van der Waals surface area contributed by atoms with Crippen molar-refractivity contribution >= 4 is 18.7 Å². The van der Waals surface area contributed by atoms with Crippen LogP contribution in [0.1, 0.15) is 0 Å². The van der Waals surface area contributed by atoms with Crippen LogP contribution in [0.25, 0.3) is 0 Å². The third-order valence-corrected chi connectivity index (χ3v) is 0.569. The summed E-state index contributed by atoms with van der Waals surface area (Å²) in [5, 5.41) is 7.99. The lowest BCUT2D eigenvalue weighted by molar-refractivity contribution is -0.157. The standard InChI is InChI=1S/C4H4O5/c5-1-3(4(7)8)9-2-6/h1-3H,(H,7,8). The quantitative estimate of drug-likeness (QED) is 0.384. The fourth-order valence-corrected chi connectivity index (χ4v) is 0.208. The summed E-state index contributed by atoms with van der Waals surface area (Å²) < 4.78 is 3.80. The highest BCUT2D eigenvalue weighted by Crippen LogP contribution is 1.82. The maximum atomic E-state index is 9.81. The molecule has 0 aliphatic rings. The Morgan fingerprint density at radius 2 is 2.11 bits per heavy atom. The predicted octanol–water partition coefficient (Wildman–Crippen LogP) is -1.19. The molecule has 0 heterocycles. The zero-order chi connectivity index (χ0) is 7.28. The van der Waals surface area contributed by atoms with E-state index in [4.69, 9.17) is 5.11 Å². The molecule has 0 aliphatic heterocycles. The van der Waals surface area contributed by atoms with Gasteiger partial charge in [-0.15, -0.1) is 0 Å². The van der Waals surface area contributed by atoms with E-state index in [1.165, 1.54) is 0 Å². The van der Waals surface area contributed by atoms with Gasteiger partial charge in [0.1, 0.15) is 0 Å². The first-order valence-electron chi connectivity index (χ1n) is 1.99. The van der Waals surface area contributed by atoms with Gasteiger partial charge in [-0.3, -0.25) is 9.59 Å². The molecule has 50 valence electrons. The molecule has 0 aliphatic carbocycles. The molecule has 0 saturated carbocycles. The van der Waals surface area contributed by atoms with E-state index in [9.17, 15) is 14.4 Å². The van der Waals surface area contributed by atoms with Crippen molar-refractivity contribution in [2.24, 2.45) is 0 Å². The molecule has 0 radical (unpaired) electrons. The van der Waals surface area contributed by atoms with E-state index in [0.717, 1.165) is 0 Å². The SMILES string of the molecule is O=COC(C=O)C(=O)O. The number of ether oxygens (including phenoxy) is 1. The second kappa shape index (κ2) is 3.59. The average molecular weight is 132 g/mol. The molecule has 0 rings (SSSR count). The Morgan fingerprint density at radius 1 is 1.56 bits per heavy atom. The monoisotopic (exact) mass is 132 g/mol. The van der Waals surface area contributed by atoms with Crippen molar-refractivity contribution in [3.63, 3.8) is 0 Å². The van der Waals surface area contributed by atoms with E-state index in [1.54, 1.807) is 0 Å². The van der Waals surface area contributed by atoms with Crippen LogP contribution in [0.3, 0.4) is 0 Å². The van der Waals surface area contributed by atoms with Crippen LogP contribution >= 0.6 is 0 Å². The van der Waals surface area contributed by atoms with Gasteiger partial charge in [0.15, 0.2) is 6.29 Å². The third-order valence-electron chi connectivity index (χ3n) is 0.569. The van der Waals surface area contributed by atoms with Crippen LogP contribution in [0.5, 0.6) is 0 Å². The summed E-state index contributed by atoms with van der Waals surface area (Å²) in [7, 11) is 0.